The van der Waals surface area contributed by atoms with Crippen molar-refractivity contribution in [1.82, 2.24) is 0 Å². The molecule has 2 amide bonds. The van der Waals surface area contributed by atoms with E-state index in [1.807, 2.05) is 0 Å². The maximum absolute atomic E-state index is 12.8. The van der Waals surface area contributed by atoms with Gasteiger partial charge in [0.15, 0.2) is 5.17 Å². The number of nitrogens with zero attached hydrogens (tertiary/aromatic N) is 2. The van der Waals surface area contributed by atoms with Crippen LogP contribution in [0.4, 0.5) is 11.4 Å². The average molecular weight is 438 g/mol. The van der Waals surface area contributed by atoms with Gasteiger partial charge in [-0.05, 0) is 42.5 Å². The highest BCUT2D eigenvalue weighted by atomic mass is 35.5. The van der Waals surface area contributed by atoms with Crippen molar-refractivity contribution in [3.63, 3.8) is 0 Å². The minimum atomic E-state index is -0.584. The fraction of sp³-hybridized carbons (Fsp3) is 0.211. The number of ether oxygens (including phenoxy) is 1. The van der Waals surface area contributed by atoms with Crippen molar-refractivity contribution in [2.45, 2.75) is 11.7 Å². The van der Waals surface area contributed by atoms with Gasteiger partial charge in [-0.25, -0.2) is 4.90 Å². The van der Waals surface area contributed by atoms with Crippen LogP contribution in [0, 0.1) is 0 Å². The molecule has 0 spiro atoms. The predicted octanol–water partition coefficient (Wildman–Crippen LogP) is 4.47. The Hall–Kier alpha value is -2.22. The van der Waals surface area contributed by atoms with E-state index in [0.717, 1.165) is 0 Å². The largest absolute Gasteiger partial charge is 0.497 e. The van der Waals surface area contributed by atoms with E-state index in [0.29, 0.717) is 32.3 Å². The van der Waals surface area contributed by atoms with Crippen molar-refractivity contribution in [3.05, 3.63) is 52.5 Å². The van der Waals surface area contributed by atoms with E-state index in [1.165, 1.54) is 16.7 Å². The van der Waals surface area contributed by atoms with Crippen LogP contribution < -0.4 is 15.0 Å². The molecule has 0 bridgehead atoms. The number of methoxy groups -OCH3 is 1. The van der Waals surface area contributed by atoms with Crippen molar-refractivity contribution in [1.29, 1.82) is 0 Å². The monoisotopic (exact) mass is 437 g/mol. The molecular weight excluding hydrogens is 421 g/mol. The van der Waals surface area contributed by atoms with Gasteiger partial charge in [0, 0.05) is 18.5 Å². The number of hydrogen-bond donors (Lipinski definition) is 1. The lowest BCUT2D eigenvalue weighted by Crippen LogP contribution is -2.31. The molecule has 1 aliphatic heterocycles. The molecule has 9 heteroatoms. The van der Waals surface area contributed by atoms with Crippen LogP contribution in [0.25, 0.3) is 0 Å². The smallest absolute Gasteiger partial charge is 0.247 e. The number of nitrogens with one attached hydrogen (secondary N) is 1. The van der Waals surface area contributed by atoms with E-state index in [9.17, 15) is 9.59 Å². The van der Waals surface area contributed by atoms with Gasteiger partial charge >= 0.3 is 0 Å². The maximum atomic E-state index is 12.8. The number of carbonyl (C=O) groups is 2. The molecule has 1 heterocycles. The van der Waals surface area contributed by atoms with E-state index in [2.05, 4.69) is 10.3 Å². The van der Waals surface area contributed by atoms with Gasteiger partial charge in [0.2, 0.25) is 11.8 Å². The molecular formula is C19H17Cl2N3O3S. The number of amides is 2. The molecule has 1 atom stereocenters. The van der Waals surface area contributed by atoms with Crippen LogP contribution in [0.15, 0.2) is 47.5 Å². The summed E-state index contributed by atoms with van der Waals surface area (Å²) < 4.78 is 5.11. The van der Waals surface area contributed by atoms with E-state index in [1.54, 1.807) is 56.6 Å². The van der Waals surface area contributed by atoms with E-state index in [-0.39, 0.29) is 18.2 Å². The van der Waals surface area contributed by atoms with Crippen LogP contribution in [-0.2, 0) is 9.59 Å². The fourth-order valence-corrected chi connectivity index (χ4v) is 3.99. The molecule has 2 aromatic rings. The van der Waals surface area contributed by atoms with Gasteiger partial charge in [0.05, 0.1) is 23.5 Å². The number of anilines is 2. The van der Waals surface area contributed by atoms with E-state index >= 15 is 0 Å². The Morgan fingerprint density at radius 3 is 2.57 bits per heavy atom. The van der Waals surface area contributed by atoms with Gasteiger partial charge in [-0.1, -0.05) is 35.0 Å². The Bertz CT molecular complexity index is 935. The lowest BCUT2D eigenvalue weighted by atomic mass is 10.3. The van der Waals surface area contributed by atoms with Crippen molar-refractivity contribution < 1.29 is 14.3 Å². The summed E-state index contributed by atoms with van der Waals surface area (Å²) in [5.74, 6) is 0.0981. The molecule has 1 aliphatic rings. The number of hydrogen-bond acceptors (Lipinski definition) is 5. The minimum absolute atomic E-state index is 0.0828. The summed E-state index contributed by atoms with van der Waals surface area (Å²) in [6.45, 7) is 0. The Morgan fingerprint density at radius 1 is 1.21 bits per heavy atom. The van der Waals surface area contributed by atoms with Crippen LogP contribution >= 0.6 is 35.0 Å². The maximum Gasteiger partial charge on any atom is 0.247 e. The number of thioether (sulfide) groups is 1. The average Bonchev–Trinajstić information content (AvgIpc) is 2.97. The Kier molecular flexibility index (Phi) is 6.49. The van der Waals surface area contributed by atoms with Gasteiger partial charge in [-0.3, -0.25) is 14.6 Å². The molecule has 1 unspecified atom stereocenters. The van der Waals surface area contributed by atoms with Crippen LogP contribution in [0.5, 0.6) is 5.75 Å². The molecule has 0 aliphatic carbocycles. The summed E-state index contributed by atoms with van der Waals surface area (Å²) >= 11 is 13.4. The predicted molar refractivity (Wildman–Crippen MR) is 115 cm³/mol. The zero-order chi connectivity index (χ0) is 20.3. The fourth-order valence-electron chi connectivity index (χ4n) is 2.68. The summed E-state index contributed by atoms with van der Waals surface area (Å²) in [5, 5.41) is 3.94. The molecule has 28 heavy (non-hydrogen) atoms. The molecule has 2 aromatic carbocycles. The number of imide groups is 1. The van der Waals surface area contributed by atoms with Crippen LogP contribution in [-0.4, -0.2) is 36.4 Å². The standard InChI is InChI=1S/C19H17Cl2N3O3S/c1-22-19(23-15-9-11(20)3-8-14(15)21)28-16-10-17(25)24(18(16)26)12-4-6-13(27-2)7-5-12/h3-9,16H,10H2,1-2H3,(H,22,23). The first-order valence-corrected chi connectivity index (χ1v) is 9.93. The zero-order valence-corrected chi connectivity index (χ0v) is 17.4. The third kappa shape index (κ3) is 4.43. The van der Waals surface area contributed by atoms with Gasteiger partial charge in [-0.15, -0.1) is 0 Å². The van der Waals surface area contributed by atoms with Gasteiger partial charge in [0.25, 0.3) is 0 Å². The van der Waals surface area contributed by atoms with Crippen molar-refractivity contribution in [3.8, 4) is 5.75 Å². The molecule has 1 N–H and O–H groups in total. The van der Waals surface area contributed by atoms with E-state index < -0.39 is 5.25 Å². The molecule has 1 saturated heterocycles. The van der Waals surface area contributed by atoms with Crippen LogP contribution in [0.2, 0.25) is 10.0 Å². The number of carbonyl (C=O) groups excluding carboxylic acids is 2. The number of amidine groups is 1. The second-order valence-corrected chi connectivity index (χ2v) is 7.89. The molecule has 0 aromatic heterocycles. The molecule has 146 valence electrons. The van der Waals surface area contributed by atoms with Crippen molar-refractivity contribution in [2.24, 2.45) is 4.99 Å². The van der Waals surface area contributed by atoms with Gasteiger partial charge in [-0.2, -0.15) is 0 Å². The summed E-state index contributed by atoms with van der Waals surface area (Å²) in [5.41, 5.74) is 1.09. The normalized spacial score (nSPS) is 17.2. The summed E-state index contributed by atoms with van der Waals surface area (Å²) in [4.78, 5) is 30.6. The molecule has 3 rings (SSSR count). The number of rotatable bonds is 4. The van der Waals surface area contributed by atoms with Gasteiger partial charge < -0.3 is 10.1 Å². The lowest BCUT2D eigenvalue weighted by molar-refractivity contribution is -0.121. The summed E-state index contributed by atoms with van der Waals surface area (Å²) in [6.07, 6.45) is 0.0828. The molecule has 1 fully saturated rings. The first-order chi connectivity index (χ1) is 13.4. The van der Waals surface area contributed by atoms with E-state index in [4.69, 9.17) is 27.9 Å². The number of benzene rings is 2. The van der Waals surface area contributed by atoms with Gasteiger partial charge in [0.1, 0.15) is 11.0 Å². The molecule has 6 nitrogen and oxygen atoms in total. The van der Waals surface area contributed by atoms with Crippen molar-refractivity contribution in [2.75, 3.05) is 24.4 Å². The van der Waals surface area contributed by atoms with Crippen molar-refractivity contribution >= 4 is 63.3 Å². The van der Waals surface area contributed by atoms with Crippen LogP contribution in [0.3, 0.4) is 0 Å². The lowest BCUT2D eigenvalue weighted by Gasteiger charge is -2.16. The third-order valence-electron chi connectivity index (χ3n) is 4.06. The van der Waals surface area contributed by atoms with Crippen LogP contribution in [0.1, 0.15) is 6.42 Å². The second-order valence-electron chi connectivity index (χ2n) is 5.85. The highest BCUT2D eigenvalue weighted by Gasteiger charge is 2.40. The quantitative estimate of drug-likeness (QED) is 0.434. The molecule has 0 radical (unpaired) electrons. The zero-order valence-electron chi connectivity index (χ0n) is 15.1. The highest BCUT2D eigenvalue weighted by Crippen LogP contribution is 2.33. The Labute approximate surface area is 176 Å². The first-order valence-electron chi connectivity index (χ1n) is 8.29. The SMILES string of the molecule is CN=C(Nc1cc(Cl)ccc1Cl)SC1CC(=O)N(c2ccc(OC)cc2)C1=O. The second kappa shape index (κ2) is 8.86. The number of aliphatic imine (C=N–C) groups is 1. The summed E-state index contributed by atoms with van der Waals surface area (Å²) in [7, 11) is 3.15. The topological polar surface area (TPSA) is 71.0 Å². The number of halogens is 2. The Balaban J connectivity index is 1.74. The minimum Gasteiger partial charge on any atom is -0.497 e. The highest BCUT2D eigenvalue weighted by molar-refractivity contribution is 8.15. The first kappa shape index (κ1) is 20.5. The Morgan fingerprint density at radius 2 is 1.93 bits per heavy atom. The third-order valence-corrected chi connectivity index (χ3v) is 5.79. The molecule has 0 saturated carbocycles. The summed E-state index contributed by atoms with van der Waals surface area (Å²) in [6, 6.07) is 11.8.